The van der Waals surface area contributed by atoms with Gasteiger partial charge in [-0.25, -0.2) is 9.89 Å². The third-order valence-corrected chi connectivity index (χ3v) is 3.39. The molecule has 0 amide bonds. The van der Waals surface area contributed by atoms with E-state index in [9.17, 15) is 4.79 Å². The molecule has 3 aromatic rings. The van der Waals surface area contributed by atoms with E-state index >= 15 is 0 Å². The number of methoxy groups -OCH3 is 1. The van der Waals surface area contributed by atoms with Crippen molar-refractivity contribution in [1.82, 2.24) is 15.2 Å². The van der Waals surface area contributed by atoms with E-state index in [1.165, 1.54) is 6.20 Å². The monoisotopic (exact) mass is 351 g/mol. The van der Waals surface area contributed by atoms with Crippen molar-refractivity contribution < 1.29 is 9.47 Å². The second kappa shape index (κ2) is 8.43. The molecular formula is C18H17N5O3. The molecule has 0 aliphatic carbocycles. The van der Waals surface area contributed by atoms with E-state index in [2.05, 4.69) is 25.7 Å². The zero-order valence-corrected chi connectivity index (χ0v) is 14.0. The lowest BCUT2D eigenvalue weighted by molar-refractivity contribution is 0.284. The summed E-state index contributed by atoms with van der Waals surface area (Å²) >= 11 is 0. The lowest BCUT2D eigenvalue weighted by atomic mass is 10.2. The molecule has 8 nitrogen and oxygen atoms in total. The summed E-state index contributed by atoms with van der Waals surface area (Å²) in [6, 6.07) is 15.3. The third-order valence-electron chi connectivity index (χ3n) is 3.39. The Bertz CT molecular complexity index is 941. The Morgan fingerprint density at radius 2 is 2.04 bits per heavy atom. The van der Waals surface area contributed by atoms with Gasteiger partial charge in [-0.3, -0.25) is 5.43 Å². The molecule has 3 rings (SSSR count). The lowest BCUT2D eigenvalue weighted by Crippen LogP contribution is -2.13. The second-order valence-corrected chi connectivity index (χ2v) is 5.23. The zero-order valence-electron chi connectivity index (χ0n) is 14.0. The topological polar surface area (TPSA) is 101 Å². The quantitative estimate of drug-likeness (QED) is 0.500. The molecule has 0 atom stereocenters. The second-order valence-electron chi connectivity index (χ2n) is 5.23. The minimum absolute atomic E-state index is 0.249. The molecule has 0 radical (unpaired) electrons. The van der Waals surface area contributed by atoms with Gasteiger partial charge >= 0.3 is 5.69 Å². The van der Waals surface area contributed by atoms with Crippen LogP contribution in [0.4, 0.5) is 5.82 Å². The first kappa shape index (κ1) is 17.2. The van der Waals surface area contributed by atoms with E-state index in [0.29, 0.717) is 18.1 Å². The van der Waals surface area contributed by atoms with Gasteiger partial charge in [-0.05, 0) is 29.3 Å². The molecule has 0 bridgehead atoms. The van der Waals surface area contributed by atoms with Gasteiger partial charge in [-0.15, -0.1) is 0 Å². The Morgan fingerprint density at radius 3 is 2.81 bits per heavy atom. The minimum atomic E-state index is -0.550. The van der Waals surface area contributed by atoms with Crippen LogP contribution in [0.2, 0.25) is 0 Å². The molecule has 8 heteroatoms. The number of nitrogens with zero attached hydrogens (tertiary/aromatic N) is 3. The normalized spacial score (nSPS) is 10.7. The SMILES string of the molecule is COc1ccc(/C=N/Nc2cn[nH]c(=O)n2)cc1OCc1ccccc1. The van der Waals surface area contributed by atoms with Crippen LogP contribution in [0, 0.1) is 0 Å². The van der Waals surface area contributed by atoms with Crippen molar-refractivity contribution in [2.75, 3.05) is 12.5 Å². The number of hydrogen-bond acceptors (Lipinski definition) is 7. The molecule has 0 aliphatic rings. The summed E-state index contributed by atoms with van der Waals surface area (Å²) in [5.41, 5.74) is 3.94. The Kier molecular flexibility index (Phi) is 5.56. The third kappa shape index (κ3) is 4.67. The predicted octanol–water partition coefficient (Wildman–Crippen LogP) is 2.20. The van der Waals surface area contributed by atoms with Crippen molar-refractivity contribution in [3.63, 3.8) is 0 Å². The van der Waals surface area contributed by atoms with Gasteiger partial charge in [0.1, 0.15) is 6.61 Å². The Morgan fingerprint density at radius 1 is 1.19 bits per heavy atom. The molecule has 0 aliphatic heterocycles. The summed E-state index contributed by atoms with van der Waals surface area (Å²) in [7, 11) is 1.59. The summed E-state index contributed by atoms with van der Waals surface area (Å²) in [5.74, 6) is 1.49. The van der Waals surface area contributed by atoms with Crippen LogP contribution in [0.1, 0.15) is 11.1 Å². The van der Waals surface area contributed by atoms with Crippen molar-refractivity contribution in [3.8, 4) is 11.5 Å². The highest BCUT2D eigenvalue weighted by atomic mass is 16.5. The first-order valence-corrected chi connectivity index (χ1v) is 7.80. The average Bonchev–Trinajstić information content (AvgIpc) is 2.67. The van der Waals surface area contributed by atoms with Crippen LogP contribution in [-0.4, -0.2) is 28.5 Å². The molecule has 1 heterocycles. The maximum Gasteiger partial charge on any atom is 0.363 e. The molecule has 2 aromatic carbocycles. The first-order valence-electron chi connectivity index (χ1n) is 7.80. The maximum absolute atomic E-state index is 11.1. The van der Waals surface area contributed by atoms with E-state index < -0.39 is 5.69 Å². The molecule has 2 N–H and O–H groups in total. The van der Waals surface area contributed by atoms with Crippen LogP contribution in [0.3, 0.4) is 0 Å². The number of ether oxygens (including phenoxy) is 2. The van der Waals surface area contributed by atoms with Crippen LogP contribution >= 0.6 is 0 Å². The van der Waals surface area contributed by atoms with Crippen LogP contribution in [0.25, 0.3) is 0 Å². The van der Waals surface area contributed by atoms with Crippen molar-refractivity contribution in [2.45, 2.75) is 6.61 Å². The lowest BCUT2D eigenvalue weighted by Gasteiger charge is -2.11. The van der Waals surface area contributed by atoms with Gasteiger partial charge in [-0.2, -0.15) is 15.2 Å². The molecule has 1 aromatic heterocycles. The molecule has 132 valence electrons. The predicted molar refractivity (Wildman–Crippen MR) is 97.6 cm³/mol. The van der Waals surface area contributed by atoms with Gasteiger partial charge in [0.15, 0.2) is 17.3 Å². The molecular weight excluding hydrogens is 334 g/mol. The highest BCUT2D eigenvalue weighted by molar-refractivity contribution is 5.81. The van der Waals surface area contributed by atoms with E-state index in [-0.39, 0.29) is 5.82 Å². The number of rotatable bonds is 7. The zero-order chi connectivity index (χ0) is 18.2. The fourth-order valence-electron chi connectivity index (χ4n) is 2.16. The summed E-state index contributed by atoms with van der Waals surface area (Å²) < 4.78 is 11.2. The highest BCUT2D eigenvalue weighted by Crippen LogP contribution is 2.28. The number of H-pyrrole nitrogens is 1. The average molecular weight is 351 g/mol. The van der Waals surface area contributed by atoms with Gasteiger partial charge in [0.05, 0.1) is 19.5 Å². The van der Waals surface area contributed by atoms with Crippen molar-refractivity contribution in [1.29, 1.82) is 0 Å². The van der Waals surface area contributed by atoms with Gasteiger partial charge in [0.2, 0.25) is 0 Å². The Balaban J connectivity index is 1.70. The molecule has 26 heavy (non-hydrogen) atoms. The van der Waals surface area contributed by atoms with E-state index in [1.54, 1.807) is 19.4 Å². The van der Waals surface area contributed by atoms with E-state index in [0.717, 1.165) is 11.1 Å². The first-order chi connectivity index (χ1) is 12.7. The minimum Gasteiger partial charge on any atom is -0.493 e. The summed E-state index contributed by atoms with van der Waals surface area (Å²) in [5, 5.41) is 9.86. The number of benzene rings is 2. The number of aromatic nitrogens is 3. The highest BCUT2D eigenvalue weighted by Gasteiger charge is 2.05. The summed E-state index contributed by atoms with van der Waals surface area (Å²) in [4.78, 5) is 14.7. The van der Waals surface area contributed by atoms with Crippen molar-refractivity contribution in [3.05, 3.63) is 76.3 Å². The number of nitrogens with one attached hydrogen (secondary N) is 2. The van der Waals surface area contributed by atoms with Crippen molar-refractivity contribution in [2.24, 2.45) is 5.10 Å². The van der Waals surface area contributed by atoms with Gasteiger partial charge in [0.25, 0.3) is 0 Å². The molecule has 0 spiro atoms. The van der Waals surface area contributed by atoms with E-state index in [1.807, 2.05) is 42.5 Å². The number of hydrazone groups is 1. The molecule has 0 saturated heterocycles. The molecule has 0 saturated carbocycles. The van der Waals surface area contributed by atoms with E-state index in [4.69, 9.17) is 9.47 Å². The number of aromatic amines is 1. The molecule has 0 fully saturated rings. The van der Waals surface area contributed by atoms with Gasteiger partial charge < -0.3 is 9.47 Å². The number of anilines is 1. The van der Waals surface area contributed by atoms with Gasteiger partial charge in [0, 0.05) is 0 Å². The Labute approximate surface area is 149 Å². The summed E-state index contributed by atoms with van der Waals surface area (Å²) in [6.45, 7) is 0.429. The van der Waals surface area contributed by atoms with Crippen LogP contribution in [0.5, 0.6) is 11.5 Å². The maximum atomic E-state index is 11.1. The largest absolute Gasteiger partial charge is 0.493 e. The number of hydrogen-bond donors (Lipinski definition) is 2. The van der Waals surface area contributed by atoms with Crippen LogP contribution in [0.15, 0.2) is 64.6 Å². The summed E-state index contributed by atoms with van der Waals surface area (Å²) in [6.07, 6.45) is 2.94. The smallest absolute Gasteiger partial charge is 0.363 e. The Hall–Kier alpha value is -3.68. The van der Waals surface area contributed by atoms with Crippen LogP contribution < -0.4 is 20.6 Å². The molecule has 0 unspecified atom stereocenters. The standard InChI is InChI=1S/C18H17N5O3/c1-25-15-8-7-14(10-19-22-17-11-20-23-18(24)21-17)9-16(15)26-12-13-5-3-2-4-6-13/h2-11H,12H2,1H3,(H2,21,22,23,24)/b19-10+. The fourth-order valence-corrected chi connectivity index (χ4v) is 2.16. The fraction of sp³-hybridized carbons (Fsp3) is 0.111. The van der Waals surface area contributed by atoms with Crippen LogP contribution in [-0.2, 0) is 6.61 Å². The van der Waals surface area contributed by atoms with Crippen molar-refractivity contribution >= 4 is 12.0 Å². The van der Waals surface area contributed by atoms with Gasteiger partial charge in [-0.1, -0.05) is 30.3 Å².